The zero-order valence-corrected chi connectivity index (χ0v) is 14.6. The normalized spacial score (nSPS) is 11.5. The van der Waals surface area contributed by atoms with Crippen LogP contribution in [0.15, 0.2) is 89.8 Å². The molecule has 0 saturated heterocycles. The number of hydrogen-bond acceptors (Lipinski definition) is 3. The van der Waals surface area contributed by atoms with E-state index in [0.29, 0.717) is 22.3 Å². The first-order valence-electron chi connectivity index (χ1n) is 8.08. The lowest BCUT2D eigenvalue weighted by molar-refractivity contribution is 0.112. The van der Waals surface area contributed by atoms with Crippen LogP contribution in [-0.2, 0) is 10.0 Å². The number of aldehydes is 1. The Labute approximate surface area is 151 Å². The first-order valence-corrected chi connectivity index (χ1v) is 9.52. The maximum Gasteiger partial charge on any atom is 0.268 e. The number of rotatable bonds is 4. The van der Waals surface area contributed by atoms with Gasteiger partial charge < -0.3 is 0 Å². The van der Waals surface area contributed by atoms with E-state index in [0.717, 1.165) is 11.7 Å². The Morgan fingerprint density at radius 1 is 0.769 bits per heavy atom. The largest absolute Gasteiger partial charge is 0.298 e. The van der Waals surface area contributed by atoms with Gasteiger partial charge in [0.2, 0.25) is 0 Å². The summed E-state index contributed by atoms with van der Waals surface area (Å²) in [7, 11) is -3.83. The Kier molecular flexibility index (Phi) is 3.93. The highest BCUT2D eigenvalue weighted by molar-refractivity contribution is 7.90. The molecule has 26 heavy (non-hydrogen) atoms. The maximum absolute atomic E-state index is 13.4. The van der Waals surface area contributed by atoms with E-state index < -0.39 is 10.0 Å². The minimum atomic E-state index is -3.83. The molecule has 0 bridgehead atoms. The number of hydrogen-bond donors (Lipinski definition) is 0. The van der Waals surface area contributed by atoms with Crippen molar-refractivity contribution in [3.05, 3.63) is 90.5 Å². The van der Waals surface area contributed by atoms with Crippen LogP contribution in [0.1, 0.15) is 10.4 Å². The molecule has 0 aliphatic heterocycles. The van der Waals surface area contributed by atoms with Crippen LogP contribution in [0.25, 0.3) is 22.2 Å². The Hall–Kier alpha value is -3.18. The Morgan fingerprint density at radius 2 is 1.42 bits per heavy atom. The molecule has 0 saturated carbocycles. The van der Waals surface area contributed by atoms with Crippen LogP contribution >= 0.6 is 0 Å². The molecule has 5 heteroatoms. The molecule has 0 radical (unpaired) electrons. The van der Waals surface area contributed by atoms with E-state index in [4.69, 9.17) is 0 Å². The molecule has 4 aromatic rings. The first kappa shape index (κ1) is 16.3. The number of nitrogens with zero attached hydrogens (tertiary/aromatic N) is 1. The zero-order valence-electron chi connectivity index (χ0n) is 13.7. The topological polar surface area (TPSA) is 56.1 Å². The molecule has 0 aliphatic carbocycles. The third-order valence-corrected chi connectivity index (χ3v) is 6.05. The second-order valence-corrected chi connectivity index (χ2v) is 7.66. The molecule has 4 rings (SSSR count). The molecule has 4 nitrogen and oxygen atoms in total. The second-order valence-electron chi connectivity index (χ2n) is 5.88. The van der Waals surface area contributed by atoms with Gasteiger partial charge in [0.1, 0.15) is 0 Å². The van der Waals surface area contributed by atoms with Crippen molar-refractivity contribution in [2.24, 2.45) is 0 Å². The molecular weight excluding hydrogens is 346 g/mol. The molecule has 1 aromatic heterocycles. The van der Waals surface area contributed by atoms with Gasteiger partial charge in [-0.25, -0.2) is 12.4 Å². The molecule has 0 N–H and O–H groups in total. The number of para-hydroxylation sites is 1. The van der Waals surface area contributed by atoms with Gasteiger partial charge >= 0.3 is 0 Å². The summed E-state index contributed by atoms with van der Waals surface area (Å²) >= 11 is 0. The van der Waals surface area contributed by atoms with Crippen molar-refractivity contribution in [3.63, 3.8) is 0 Å². The van der Waals surface area contributed by atoms with Crippen molar-refractivity contribution in [2.45, 2.75) is 4.90 Å². The third kappa shape index (κ3) is 2.53. The van der Waals surface area contributed by atoms with Crippen LogP contribution in [0.2, 0.25) is 0 Å². The highest BCUT2D eigenvalue weighted by Crippen LogP contribution is 2.33. The lowest BCUT2D eigenvalue weighted by Crippen LogP contribution is -2.14. The summed E-state index contributed by atoms with van der Waals surface area (Å²) in [5.41, 5.74) is 2.07. The molecule has 128 valence electrons. The van der Waals surface area contributed by atoms with Gasteiger partial charge in [-0.2, -0.15) is 0 Å². The van der Waals surface area contributed by atoms with Gasteiger partial charge in [0.15, 0.2) is 6.29 Å². The monoisotopic (exact) mass is 361 g/mol. The standard InChI is InChI=1S/C21H15NO3S/c23-15-17-9-4-6-12-19(17)21-14-16-8-5-7-13-20(16)22(21)26(24,25)18-10-2-1-3-11-18/h1-15H. The Bertz CT molecular complexity index is 1210. The number of aromatic nitrogens is 1. The zero-order chi connectivity index (χ0) is 18.1. The Balaban J connectivity index is 2.11. The van der Waals surface area contributed by atoms with Crippen LogP contribution in [0, 0.1) is 0 Å². The summed E-state index contributed by atoms with van der Waals surface area (Å²) in [5.74, 6) is 0. The highest BCUT2D eigenvalue weighted by Gasteiger charge is 2.24. The molecule has 0 spiro atoms. The summed E-state index contributed by atoms with van der Waals surface area (Å²) < 4.78 is 28.1. The number of carbonyl (C=O) groups is 1. The fourth-order valence-electron chi connectivity index (χ4n) is 3.11. The van der Waals surface area contributed by atoms with Crippen LogP contribution in [-0.4, -0.2) is 18.7 Å². The predicted octanol–water partition coefficient (Wildman–Crippen LogP) is 4.36. The molecule has 3 aromatic carbocycles. The van der Waals surface area contributed by atoms with Gasteiger partial charge in [0, 0.05) is 16.5 Å². The maximum atomic E-state index is 13.4. The van der Waals surface area contributed by atoms with Crippen molar-refractivity contribution < 1.29 is 13.2 Å². The second kappa shape index (κ2) is 6.28. The van der Waals surface area contributed by atoms with Crippen molar-refractivity contribution in [3.8, 4) is 11.3 Å². The minimum Gasteiger partial charge on any atom is -0.298 e. The van der Waals surface area contributed by atoms with Gasteiger partial charge in [-0.05, 0) is 24.3 Å². The van der Waals surface area contributed by atoms with E-state index in [1.807, 2.05) is 12.1 Å². The SMILES string of the molecule is O=Cc1ccccc1-c1cc2ccccc2n1S(=O)(=O)c1ccccc1. The van der Waals surface area contributed by atoms with E-state index in [1.165, 1.54) is 3.97 Å². The van der Waals surface area contributed by atoms with Crippen molar-refractivity contribution in [2.75, 3.05) is 0 Å². The summed E-state index contributed by atoms with van der Waals surface area (Å²) in [5, 5.41) is 0.794. The predicted molar refractivity (Wildman–Crippen MR) is 102 cm³/mol. The number of benzene rings is 3. The van der Waals surface area contributed by atoms with E-state index in [2.05, 4.69) is 0 Å². The van der Waals surface area contributed by atoms with Crippen LogP contribution in [0.3, 0.4) is 0 Å². The van der Waals surface area contributed by atoms with Crippen LogP contribution in [0.5, 0.6) is 0 Å². The fourth-order valence-corrected chi connectivity index (χ4v) is 4.65. The van der Waals surface area contributed by atoms with Gasteiger partial charge in [-0.15, -0.1) is 0 Å². The summed E-state index contributed by atoms with van der Waals surface area (Å²) in [6.07, 6.45) is 0.743. The minimum absolute atomic E-state index is 0.200. The Morgan fingerprint density at radius 3 is 2.19 bits per heavy atom. The van der Waals surface area contributed by atoms with Gasteiger partial charge in [-0.1, -0.05) is 60.7 Å². The molecule has 0 aliphatic rings. The summed E-state index contributed by atoms with van der Waals surface area (Å²) in [6, 6.07) is 24.4. The molecule has 0 unspecified atom stereocenters. The van der Waals surface area contributed by atoms with Gasteiger partial charge in [-0.3, -0.25) is 4.79 Å². The molecule has 0 fully saturated rings. The number of carbonyl (C=O) groups excluding carboxylic acids is 1. The first-order chi connectivity index (χ1) is 12.6. The lowest BCUT2D eigenvalue weighted by atomic mass is 10.1. The van der Waals surface area contributed by atoms with Crippen molar-refractivity contribution in [1.82, 2.24) is 3.97 Å². The summed E-state index contributed by atoms with van der Waals surface area (Å²) in [4.78, 5) is 11.7. The van der Waals surface area contributed by atoms with E-state index in [-0.39, 0.29) is 4.90 Å². The van der Waals surface area contributed by atoms with Gasteiger partial charge in [0.25, 0.3) is 10.0 Å². The van der Waals surface area contributed by atoms with Crippen LogP contribution < -0.4 is 0 Å². The fraction of sp³-hybridized carbons (Fsp3) is 0. The average Bonchev–Trinajstić information content (AvgIpc) is 3.08. The van der Waals surface area contributed by atoms with E-state index in [9.17, 15) is 13.2 Å². The molecular formula is C21H15NO3S. The third-order valence-electron chi connectivity index (χ3n) is 4.31. The van der Waals surface area contributed by atoms with Crippen LogP contribution in [0.4, 0.5) is 0 Å². The van der Waals surface area contributed by atoms with Crippen molar-refractivity contribution in [1.29, 1.82) is 0 Å². The average molecular weight is 361 g/mol. The highest BCUT2D eigenvalue weighted by atomic mass is 32.2. The van der Waals surface area contributed by atoms with Gasteiger partial charge in [0.05, 0.1) is 16.1 Å². The smallest absolute Gasteiger partial charge is 0.268 e. The van der Waals surface area contributed by atoms with Crippen molar-refractivity contribution >= 4 is 27.2 Å². The number of fused-ring (bicyclic) bond motifs is 1. The van der Waals surface area contributed by atoms with E-state index >= 15 is 0 Å². The molecule has 0 atom stereocenters. The molecule has 0 amide bonds. The van der Waals surface area contributed by atoms with E-state index in [1.54, 1.807) is 72.8 Å². The quantitative estimate of drug-likeness (QED) is 0.508. The summed E-state index contributed by atoms with van der Waals surface area (Å²) in [6.45, 7) is 0. The molecule has 1 heterocycles. The lowest BCUT2D eigenvalue weighted by Gasteiger charge is -2.13.